The van der Waals surface area contributed by atoms with E-state index in [-0.39, 0.29) is 11.7 Å². The molecular weight excluding hydrogens is 344 g/mol. The van der Waals surface area contributed by atoms with Crippen LogP contribution in [0.4, 0.5) is 14.5 Å². The first-order chi connectivity index (χ1) is 12.5. The van der Waals surface area contributed by atoms with Gasteiger partial charge in [-0.1, -0.05) is 6.07 Å². The first-order valence-electron chi connectivity index (χ1n) is 8.08. The zero-order chi connectivity index (χ0) is 18.7. The second kappa shape index (κ2) is 7.51. The summed E-state index contributed by atoms with van der Waals surface area (Å²) < 4.78 is 33.6. The number of alkyl halides is 2. The molecule has 2 aromatic rings. The molecular formula is C19H17F2NO4. The first-order valence-corrected chi connectivity index (χ1v) is 8.08. The van der Waals surface area contributed by atoms with E-state index in [4.69, 9.17) is 4.74 Å². The minimum atomic E-state index is -2.91. The molecule has 0 bridgehead atoms. The number of anilines is 1. The van der Waals surface area contributed by atoms with E-state index in [0.29, 0.717) is 36.2 Å². The molecule has 0 spiro atoms. The first kappa shape index (κ1) is 17.8. The van der Waals surface area contributed by atoms with Crippen molar-refractivity contribution in [1.82, 2.24) is 0 Å². The van der Waals surface area contributed by atoms with Gasteiger partial charge in [0.25, 0.3) is 5.91 Å². The average molecular weight is 361 g/mol. The van der Waals surface area contributed by atoms with Gasteiger partial charge in [0.1, 0.15) is 5.75 Å². The van der Waals surface area contributed by atoms with E-state index in [0.717, 1.165) is 5.56 Å². The Morgan fingerprint density at radius 2 is 1.85 bits per heavy atom. The lowest BCUT2D eigenvalue weighted by molar-refractivity contribution is -0.0498. The largest absolute Gasteiger partial charge is 0.465 e. The molecule has 0 aromatic heterocycles. The van der Waals surface area contributed by atoms with Crippen molar-refractivity contribution in [1.29, 1.82) is 0 Å². The highest BCUT2D eigenvalue weighted by Gasteiger charge is 2.27. The smallest absolute Gasteiger partial charge is 0.387 e. The Hall–Kier alpha value is -2.96. The molecule has 0 N–H and O–H groups in total. The predicted octanol–water partition coefficient (Wildman–Crippen LogP) is 3.67. The molecule has 0 unspecified atom stereocenters. The molecule has 0 saturated heterocycles. The van der Waals surface area contributed by atoms with Crippen LogP contribution in [0.25, 0.3) is 0 Å². The van der Waals surface area contributed by atoms with Gasteiger partial charge < -0.3 is 14.4 Å². The van der Waals surface area contributed by atoms with Gasteiger partial charge in [-0.2, -0.15) is 8.78 Å². The molecule has 3 rings (SSSR count). The summed E-state index contributed by atoms with van der Waals surface area (Å²) in [4.78, 5) is 26.4. The van der Waals surface area contributed by atoms with Gasteiger partial charge >= 0.3 is 12.6 Å². The van der Waals surface area contributed by atoms with Crippen molar-refractivity contribution in [3.05, 3.63) is 59.2 Å². The van der Waals surface area contributed by atoms with Crippen LogP contribution in [0.3, 0.4) is 0 Å². The van der Waals surface area contributed by atoms with E-state index in [1.54, 1.807) is 23.1 Å². The van der Waals surface area contributed by atoms with E-state index in [9.17, 15) is 18.4 Å². The topological polar surface area (TPSA) is 55.8 Å². The number of rotatable bonds is 4. The molecule has 136 valence electrons. The van der Waals surface area contributed by atoms with Crippen LogP contribution in [0.2, 0.25) is 0 Å². The second-order valence-corrected chi connectivity index (χ2v) is 5.76. The molecule has 0 aliphatic carbocycles. The van der Waals surface area contributed by atoms with Crippen LogP contribution in [0, 0.1) is 0 Å². The van der Waals surface area contributed by atoms with Crippen molar-refractivity contribution < 1.29 is 27.8 Å². The number of benzene rings is 2. The molecule has 1 aliphatic rings. The Morgan fingerprint density at radius 1 is 1.12 bits per heavy atom. The van der Waals surface area contributed by atoms with E-state index in [2.05, 4.69) is 4.74 Å². The number of hydrogen-bond acceptors (Lipinski definition) is 4. The van der Waals surface area contributed by atoms with Crippen LogP contribution >= 0.6 is 0 Å². The van der Waals surface area contributed by atoms with Crippen molar-refractivity contribution in [3.63, 3.8) is 0 Å². The van der Waals surface area contributed by atoms with Crippen LogP contribution in [-0.4, -0.2) is 32.1 Å². The van der Waals surface area contributed by atoms with Crippen LogP contribution in [-0.2, 0) is 11.2 Å². The van der Waals surface area contributed by atoms with Crippen molar-refractivity contribution in [2.45, 2.75) is 19.5 Å². The predicted molar refractivity (Wildman–Crippen MR) is 90.9 cm³/mol. The minimum Gasteiger partial charge on any atom is -0.465 e. The Bertz CT molecular complexity index is 821. The van der Waals surface area contributed by atoms with Gasteiger partial charge in [-0.05, 0) is 54.8 Å². The fraction of sp³-hybridized carbons (Fsp3) is 0.263. The minimum absolute atomic E-state index is 0.0106. The van der Waals surface area contributed by atoms with Gasteiger partial charge in [-0.15, -0.1) is 0 Å². The van der Waals surface area contributed by atoms with Gasteiger partial charge in [0, 0.05) is 17.8 Å². The normalized spacial score (nSPS) is 13.3. The summed E-state index contributed by atoms with van der Waals surface area (Å²) in [5.74, 6) is -0.718. The zero-order valence-corrected chi connectivity index (χ0v) is 14.1. The number of fused-ring (bicyclic) bond motifs is 1. The Labute approximate surface area is 149 Å². The summed E-state index contributed by atoms with van der Waals surface area (Å²) in [5, 5.41) is 0. The summed E-state index contributed by atoms with van der Waals surface area (Å²) >= 11 is 0. The SMILES string of the molecule is COC(=O)c1cccc2c1CCCN2C(=O)c1ccc(OC(F)F)cc1. The molecule has 7 heteroatoms. The number of nitrogens with zero attached hydrogens (tertiary/aromatic N) is 1. The van der Waals surface area contributed by atoms with Gasteiger partial charge in [0.2, 0.25) is 0 Å². The van der Waals surface area contributed by atoms with Crippen LogP contribution < -0.4 is 9.64 Å². The third-order valence-corrected chi connectivity index (χ3v) is 4.23. The molecule has 2 aromatic carbocycles. The van der Waals surface area contributed by atoms with Crippen molar-refractivity contribution in [2.75, 3.05) is 18.6 Å². The van der Waals surface area contributed by atoms with Crippen LogP contribution in [0.1, 0.15) is 32.7 Å². The number of halogens is 2. The number of ether oxygens (including phenoxy) is 2. The lowest BCUT2D eigenvalue weighted by atomic mass is 9.95. The summed E-state index contributed by atoms with van der Waals surface area (Å²) in [7, 11) is 1.32. The molecule has 5 nitrogen and oxygen atoms in total. The highest BCUT2D eigenvalue weighted by Crippen LogP contribution is 2.31. The molecule has 1 amide bonds. The monoisotopic (exact) mass is 361 g/mol. The maximum atomic E-state index is 12.9. The number of carbonyl (C=O) groups excluding carboxylic acids is 2. The molecule has 0 saturated carbocycles. The average Bonchev–Trinajstić information content (AvgIpc) is 2.66. The van der Waals surface area contributed by atoms with E-state index < -0.39 is 12.6 Å². The maximum Gasteiger partial charge on any atom is 0.387 e. The fourth-order valence-corrected chi connectivity index (χ4v) is 3.07. The molecule has 26 heavy (non-hydrogen) atoms. The highest BCUT2D eigenvalue weighted by molar-refractivity contribution is 6.07. The van der Waals surface area contributed by atoms with Gasteiger partial charge in [0.15, 0.2) is 0 Å². The Kier molecular flexibility index (Phi) is 5.16. The van der Waals surface area contributed by atoms with Crippen LogP contribution in [0.15, 0.2) is 42.5 Å². The van der Waals surface area contributed by atoms with Gasteiger partial charge in [0.05, 0.1) is 12.7 Å². The number of carbonyl (C=O) groups is 2. The molecule has 0 atom stereocenters. The fourth-order valence-electron chi connectivity index (χ4n) is 3.07. The third-order valence-electron chi connectivity index (χ3n) is 4.23. The Balaban J connectivity index is 1.89. The molecule has 0 radical (unpaired) electrons. The Morgan fingerprint density at radius 3 is 2.50 bits per heavy atom. The third kappa shape index (κ3) is 3.51. The molecule has 1 heterocycles. The number of hydrogen-bond donors (Lipinski definition) is 0. The summed E-state index contributed by atoms with van der Waals surface area (Å²) in [6.07, 6.45) is 1.38. The number of esters is 1. The van der Waals surface area contributed by atoms with Crippen molar-refractivity contribution >= 4 is 17.6 Å². The molecule has 1 aliphatic heterocycles. The standard InChI is InChI=1S/C19H17F2NO4/c1-25-18(24)15-4-2-6-16-14(15)5-3-11-22(16)17(23)12-7-9-13(10-8-12)26-19(20)21/h2,4,6-10,19H,3,5,11H2,1H3. The summed E-state index contributed by atoms with van der Waals surface area (Å²) in [6, 6.07) is 10.7. The highest BCUT2D eigenvalue weighted by atomic mass is 19.3. The van der Waals surface area contributed by atoms with Gasteiger partial charge in [-0.3, -0.25) is 4.79 Å². The van der Waals surface area contributed by atoms with Gasteiger partial charge in [-0.25, -0.2) is 4.79 Å². The number of amides is 1. The van der Waals surface area contributed by atoms with E-state index in [1.807, 2.05) is 0 Å². The summed E-state index contributed by atoms with van der Waals surface area (Å²) in [6.45, 7) is -2.41. The number of methoxy groups -OCH3 is 1. The lowest BCUT2D eigenvalue weighted by Crippen LogP contribution is -2.36. The maximum absolute atomic E-state index is 12.9. The van der Waals surface area contributed by atoms with E-state index >= 15 is 0 Å². The lowest BCUT2D eigenvalue weighted by Gasteiger charge is -2.30. The second-order valence-electron chi connectivity index (χ2n) is 5.76. The van der Waals surface area contributed by atoms with Crippen molar-refractivity contribution in [2.24, 2.45) is 0 Å². The van der Waals surface area contributed by atoms with Crippen molar-refractivity contribution in [3.8, 4) is 5.75 Å². The van der Waals surface area contributed by atoms with E-state index in [1.165, 1.54) is 31.4 Å². The van der Waals surface area contributed by atoms with Crippen LogP contribution in [0.5, 0.6) is 5.75 Å². The summed E-state index contributed by atoms with van der Waals surface area (Å²) in [5.41, 5.74) is 2.24. The zero-order valence-electron chi connectivity index (χ0n) is 14.1. The quantitative estimate of drug-likeness (QED) is 0.780. The molecule has 0 fully saturated rings.